The molecule has 1 aromatic heterocycles. The van der Waals surface area contributed by atoms with E-state index in [1.54, 1.807) is 35.9 Å². The SMILES string of the molecule is Cc1nn(-c2ccccc2)c(C)c1C(=O)OCCOC(=O)c1ccccc1. The quantitative estimate of drug-likeness (QED) is 0.494. The predicted octanol–water partition coefficient (Wildman–Crippen LogP) is 3.50. The van der Waals surface area contributed by atoms with Gasteiger partial charge in [0.2, 0.25) is 0 Å². The van der Waals surface area contributed by atoms with E-state index in [0.717, 1.165) is 5.69 Å². The summed E-state index contributed by atoms with van der Waals surface area (Å²) in [4.78, 5) is 24.3. The Balaban J connectivity index is 1.59. The van der Waals surface area contributed by atoms with Gasteiger partial charge in [-0.1, -0.05) is 36.4 Å². The van der Waals surface area contributed by atoms with Crippen LogP contribution >= 0.6 is 0 Å². The van der Waals surface area contributed by atoms with Crippen molar-refractivity contribution >= 4 is 11.9 Å². The average Bonchev–Trinajstić information content (AvgIpc) is 3.00. The number of rotatable bonds is 6. The number of hydrogen-bond acceptors (Lipinski definition) is 5. The molecule has 2 aromatic carbocycles. The molecule has 0 aliphatic carbocycles. The van der Waals surface area contributed by atoms with Crippen LogP contribution in [-0.4, -0.2) is 34.9 Å². The zero-order valence-electron chi connectivity index (χ0n) is 15.2. The number of carbonyl (C=O) groups is 2. The Labute approximate surface area is 157 Å². The minimum Gasteiger partial charge on any atom is -0.458 e. The summed E-state index contributed by atoms with van der Waals surface area (Å²) in [5.41, 5.74) is 3.04. The Morgan fingerprint density at radius 1 is 0.852 bits per heavy atom. The molecular formula is C21H20N2O4. The van der Waals surface area contributed by atoms with Gasteiger partial charge in [0.25, 0.3) is 0 Å². The van der Waals surface area contributed by atoms with Gasteiger partial charge in [-0.25, -0.2) is 14.3 Å². The summed E-state index contributed by atoms with van der Waals surface area (Å²) in [6.45, 7) is 3.55. The van der Waals surface area contributed by atoms with Crippen LogP contribution in [0.4, 0.5) is 0 Å². The van der Waals surface area contributed by atoms with Crippen molar-refractivity contribution < 1.29 is 19.1 Å². The van der Waals surface area contributed by atoms with E-state index in [1.807, 2.05) is 43.3 Å². The number of aryl methyl sites for hydroxylation is 1. The molecule has 0 fully saturated rings. The molecular weight excluding hydrogens is 344 g/mol. The van der Waals surface area contributed by atoms with Crippen molar-refractivity contribution in [3.63, 3.8) is 0 Å². The van der Waals surface area contributed by atoms with Crippen LogP contribution in [0, 0.1) is 13.8 Å². The molecule has 0 N–H and O–H groups in total. The molecule has 27 heavy (non-hydrogen) atoms. The number of hydrogen-bond donors (Lipinski definition) is 0. The predicted molar refractivity (Wildman–Crippen MR) is 100 cm³/mol. The Morgan fingerprint density at radius 3 is 2.04 bits per heavy atom. The van der Waals surface area contributed by atoms with E-state index < -0.39 is 11.9 Å². The molecule has 0 bridgehead atoms. The standard InChI is InChI=1S/C21H20N2O4/c1-15-19(16(2)23(22-15)18-11-7-4-8-12-18)21(25)27-14-13-26-20(24)17-9-5-3-6-10-17/h3-12H,13-14H2,1-2H3. The number of para-hydroxylation sites is 1. The lowest BCUT2D eigenvalue weighted by molar-refractivity contribution is 0.0264. The van der Waals surface area contributed by atoms with E-state index in [2.05, 4.69) is 5.10 Å². The molecule has 0 atom stereocenters. The molecule has 3 rings (SSSR count). The van der Waals surface area contributed by atoms with Crippen molar-refractivity contribution in [2.75, 3.05) is 13.2 Å². The highest BCUT2D eigenvalue weighted by Gasteiger charge is 2.20. The van der Waals surface area contributed by atoms with Crippen LogP contribution in [0.1, 0.15) is 32.1 Å². The normalized spacial score (nSPS) is 10.4. The summed E-state index contributed by atoms with van der Waals surface area (Å²) in [6.07, 6.45) is 0. The lowest BCUT2D eigenvalue weighted by atomic mass is 10.2. The zero-order valence-corrected chi connectivity index (χ0v) is 15.2. The van der Waals surface area contributed by atoms with Crippen LogP contribution in [0.5, 0.6) is 0 Å². The highest BCUT2D eigenvalue weighted by Crippen LogP contribution is 2.18. The first-order chi connectivity index (χ1) is 13.1. The maximum atomic E-state index is 12.4. The van der Waals surface area contributed by atoms with Crippen LogP contribution in [0.3, 0.4) is 0 Å². The summed E-state index contributed by atoms with van der Waals surface area (Å²) < 4.78 is 12.1. The van der Waals surface area contributed by atoms with Gasteiger partial charge in [-0.15, -0.1) is 0 Å². The van der Waals surface area contributed by atoms with E-state index in [0.29, 0.717) is 22.5 Å². The fourth-order valence-corrected chi connectivity index (χ4v) is 2.76. The number of ether oxygens (including phenoxy) is 2. The van der Waals surface area contributed by atoms with E-state index in [-0.39, 0.29) is 13.2 Å². The molecule has 6 heteroatoms. The minimum absolute atomic E-state index is 0.00954. The van der Waals surface area contributed by atoms with Gasteiger partial charge < -0.3 is 9.47 Å². The van der Waals surface area contributed by atoms with Crippen molar-refractivity contribution in [1.29, 1.82) is 0 Å². The first-order valence-corrected chi connectivity index (χ1v) is 8.59. The van der Waals surface area contributed by atoms with Gasteiger partial charge in [0, 0.05) is 0 Å². The van der Waals surface area contributed by atoms with Crippen molar-refractivity contribution in [3.8, 4) is 5.69 Å². The summed E-state index contributed by atoms with van der Waals surface area (Å²) in [6, 6.07) is 18.2. The molecule has 0 radical (unpaired) electrons. The van der Waals surface area contributed by atoms with Gasteiger partial charge in [0.05, 0.1) is 22.6 Å². The molecule has 0 aliphatic heterocycles. The second-order valence-electron chi connectivity index (χ2n) is 5.93. The number of esters is 2. The van der Waals surface area contributed by atoms with Crippen LogP contribution in [0.25, 0.3) is 5.69 Å². The molecule has 0 saturated carbocycles. The van der Waals surface area contributed by atoms with Gasteiger partial charge in [-0.3, -0.25) is 0 Å². The third-order valence-corrected chi connectivity index (χ3v) is 4.06. The zero-order chi connectivity index (χ0) is 19.2. The molecule has 0 unspecified atom stereocenters. The number of nitrogens with zero attached hydrogens (tertiary/aromatic N) is 2. The monoisotopic (exact) mass is 364 g/mol. The lowest BCUT2D eigenvalue weighted by Gasteiger charge is -2.07. The fourth-order valence-electron chi connectivity index (χ4n) is 2.76. The third kappa shape index (κ3) is 4.23. The third-order valence-electron chi connectivity index (χ3n) is 4.06. The van der Waals surface area contributed by atoms with Gasteiger partial charge >= 0.3 is 11.9 Å². The van der Waals surface area contributed by atoms with E-state index in [9.17, 15) is 9.59 Å². The summed E-state index contributed by atoms with van der Waals surface area (Å²) in [7, 11) is 0. The maximum Gasteiger partial charge on any atom is 0.342 e. The minimum atomic E-state index is -0.483. The van der Waals surface area contributed by atoms with Crippen LogP contribution < -0.4 is 0 Å². The Morgan fingerprint density at radius 2 is 1.41 bits per heavy atom. The summed E-state index contributed by atoms with van der Waals surface area (Å²) >= 11 is 0. The van der Waals surface area contributed by atoms with Crippen molar-refractivity contribution in [1.82, 2.24) is 9.78 Å². The van der Waals surface area contributed by atoms with E-state index >= 15 is 0 Å². The van der Waals surface area contributed by atoms with E-state index in [1.165, 1.54) is 0 Å². The molecule has 6 nitrogen and oxygen atoms in total. The van der Waals surface area contributed by atoms with Gasteiger partial charge in [-0.2, -0.15) is 5.10 Å². The number of aromatic nitrogens is 2. The molecule has 0 amide bonds. The summed E-state index contributed by atoms with van der Waals surface area (Å²) in [5, 5.41) is 4.43. The second-order valence-corrected chi connectivity index (χ2v) is 5.93. The van der Waals surface area contributed by atoms with Crippen LogP contribution in [-0.2, 0) is 9.47 Å². The Bertz CT molecular complexity index is 934. The smallest absolute Gasteiger partial charge is 0.342 e. The Hall–Kier alpha value is -3.41. The van der Waals surface area contributed by atoms with Crippen molar-refractivity contribution in [3.05, 3.63) is 83.2 Å². The van der Waals surface area contributed by atoms with Crippen LogP contribution in [0.15, 0.2) is 60.7 Å². The molecule has 3 aromatic rings. The fraction of sp³-hybridized carbons (Fsp3) is 0.190. The maximum absolute atomic E-state index is 12.4. The number of carbonyl (C=O) groups excluding carboxylic acids is 2. The largest absolute Gasteiger partial charge is 0.458 e. The molecule has 0 aliphatic rings. The van der Waals surface area contributed by atoms with Crippen molar-refractivity contribution in [2.45, 2.75) is 13.8 Å². The molecule has 0 spiro atoms. The molecule has 0 saturated heterocycles. The second kappa shape index (κ2) is 8.31. The highest BCUT2D eigenvalue weighted by atomic mass is 16.6. The molecule has 138 valence electrons. The van der Waals surface area contributed by atoms with Crippen LogP contribution in [0.2, 0.25) is 0 Å². The van der Waals surface area contributed by atoms with Gasteiger partial charge in [0.15, 0.2) is 0 Å². The lowest BCUT2D eigenvalue weighted by Crippen LogP contribution is -2.15. The van der Waals surface area contributed by atoms with E-state index in [4.69, 9.17) is 9.47 Å². The average molecular weight is 364 g/mol. The van der Waals surface area contributed by atoms with Gasteiger partial charge in [0.1, 0.15) is 18.8 Å². The topological polar surface area (TPSA) is 70.4 Å². The highest BCUT2D eigenvalue weighted by molar-refractivity contribution is 5.92. The number of benzene rings is 2. The summed E-state index contributed by atoms with van der Waals surface area (Å²) in [5.74, 6) is -0.932. The first kappa shape index (κ1) is 18.4. The molecule has 1 heterocycles. The Kier molecular flexibility index (Phi) is 5.66. The van der Waals surface area contributed by atoms with Gasteiger partial charge in [-0.05, 0) is 38.1 Å². The first-order valence-electron chi connectivity index (χ1n) is 8.59. The van der Waals surface area contributed by atoms with Crippen molar-refractivity contribution in [2.24, 2.45) is 0 Å².